The second-order valence-corrected chi connectivity index (χ2v) is 7.22. The number of allylic oxidation sites excluding steroid dienone is 2. The summed E-state index contributed by atoms with van der Waals surface area (Å²) in [7, 11) is 0. The zero-order chi connectivity index (χ0) is 15.1. The highest BCUT2D eigenvalue weighted by Gasteiger charge is 2.51. The van der Waals surface area contributed by atoms with Crippen LogP contribution in [0.2, 0.25) is 0 Å². The molecule has 6 heteroatoms. The average molecular weight is 415 g/mol. The van der Waals surface area contributed by atoms with Crippen LogP contribution in [-0.2, 0) is 9.59 Å². The average Bonchev–Trinajstić information content (AvgIpc) is 3.02. The smallest absolute Gasteiger partial charge is 0.307 e. The molecule has 0 aromatic heterocycles. The highest BCUT2D eigenvalue weighted by atomic mass is 79.9. The molecule has 21 heavy (non-hydrogen) atoms. The van der Waals surface area contributed by atoms with Crippen LogP contribution in [0.5, 0.6) is 0 Å². The van der Waals surface area contributed by atoms with Gasteiger partial charge in [-0.15, -0.1) is 0 Å². The van der Waals surface area contributed by atoms with E-state index in [1.807, 2.05) is 24.3 Å². The summed E-state index contributed by atoms with van der Waals surface area (Å²) in [5.41, 5.74) is 0.652. The lowest BCUT2D eigenvalue weighted by molar-refractivity contribution is -0.146. The maximum atomic E-state index is 12.5. The third-order valence-electron chi connectivity index (χ3n) is 4.24. The van der Waals surface area contributed by atoms with E-state index in [1.54, 1.807) is 6.07 Å². The van der Waals surface area contributed by atoms with Crippen LogP contribution in [0.15, 0.2) is 39.3 Å². The zero-order valence-electron chi connectivity index (χ0n) is 10.9. The van der Waals surface area contributed by atoms with E-state index in [-0.39, 0.29) is 17.7 Å². The van der Waals surface area contributed by atoms with E-state index in [0.29, 0.717) is 5.69 Å². The van der Waals surface area contributed by atoms with Gasteiger partial charge in [-0.2, -0.15) is 0 Å². The van der Waals surface area contributed by atoms with Gasteiger partial charge in [0.25, 0.3) is 0 Å². The van der Waals surface area contributed by atoms with Crippen molar-refractivity contribution in [3.05, 3.63) is 39.3 Å². The Hall–Kier alpha value is -1.14. The summed E-state index contributed by atoms with van der Waals surface area (Å²) in [5, 5.41) is 12.2. The lowest BCUT2D eigenvalue weighted by Gasteiger charge is -2.24. The number of carbonyl (C=O) groups is 2. The molecule has 1 aromatic rings. The first-order chi connectivity index (χ1) is 9.97. The largest absolute Gasteiger partial charge is 0.481 e. The number of carbonyl (C=O) groups excluding carboxylic acids is 1. The summed E-state index contributed by atoms with van der Waals surface area (Å²) in [6.07, 6.45) is 4.67. The van der Waals surface area contributed by atoms with Crippen LogP contribution >= 0.6 is 31.9 Å². The molecule has 4 atom stereocenters. The number of hydrogen-bond donors (Lipinski definition) is 2. The van der Waals surface area contributed by atoms with Gasteiger partial charge >= 0.3 is 5.97 Å². The minimum absolute atomic E-state index is 0.0170. The molecule has 2 aliphatic carbocycles. The fourth-order valence-corrected chi connectivity index (χ4v) is 4.47. The lowest BCUT2D eigenvalue weighted by Crippen LogP contribution is -2.36. The van der Waals surface area contributed by atoms with Gasteiger partial charge in [-0.05, 0) is 52.4 Å². The van der Waals surface area contributed by atoms with Gasteiger partial charge in [-0.1, -0.05) is 28.1 Å². The number of benzene rings is 1. The summed E-state index contributed by atoms with van der Waals surface area (Å²) in [6.45, 7) is 0. The minimum atomic E-state index is -0.887. The zero-order valence-corrected chi connectivity index (χ0v) is 14.1. The Kier molecular flexibility index (Phi) is 3.92. The Morgan fingerprint density at radius 3 is 2.43 bits per heavy atom. The second kappa shape index (κ2) is 5.57. The molecule has 110 valence electrons. The first-order valence-corrected chi connectivity index (χ1v) is 8.23. The third kappa shape index (κ3) is 2.66. The van der Waals surface area contributed by atoms with Gasteiger partial charge in [0.1, 0.15) is 0 Å². The van der Waals surface area contributed by atoms with Crippen molar-refractivity contribution in [1.29, 1.82) is 0 Å². The number of nitrogens with one attached hydrogen (secondary N) is 1. The molecule has 0 unspecified atom stereocenters. The van der Waals surface area contributed by atoms with Crippen molar-refractivity contribution >= 4 is 49.4 Å². The van der Waals surface area contributed by atoms with Crippen molar-refractivity contribution in [3.63, 3.8) is 0 Å². The highest BCUT2D eigenvalue weighted by Crippen LogP contribution is 2.48. The van der Waals surface area contributed by atoms with Crippen molar-refractivity contribution in [2.75, 3.05) is 5.32 Å². The van der Waals surface area contributed by atoms with E-state index in [1.165, 1.54) is 0 Å². The molecule has 3 rings (SSSR count). The molecule has 1 saturated carbocycles. The predicted molar refractivity (Wildman–Crippen MR) is 85.8 cm³/mol. The number of fused-ring (bicyclic) bond motifs is 2. The molecule has 1 aromatic carbocycles. The van der Waals surface area contributed by atoms with Gasteiger partial charge in [0.05, 0.1) is 17.5 Å². The number of amides is 1. The SMILES string of the molecule is O=C(Nc1ccc(Br)cc1Br)[C@@H]1[C@H](C(=O)O)[C@H]2C=C[C@H]1C2. The second-order valence-electron chi connectivity index (χ2n) is 5.45. The normalized spacial score (nSPS) is 29.6. The molecule has 0 saturated heterocycles. The van der Waals surface area contributed by atoms with Crippen molar-refractivity contribution in [2.45, 2.75) is 6.42 Å². The van der Waals surface area contributed by atoms with Crippen LogP contribution in [0.25, 0.3) is 0 Å². The van der Waals surface area contributed by atoms with E-state index in [0.717, 1.165) is 15.4 Å². The van der Waals surface area contributed by atoms with Crippen LogP contribution in [0, 0.1) is 23.7 Å². The Bertz CT molecular complexity index is 644. The molecule has 0 radical (unpaired) electrons. The van der Waals surface area contributed by atoms with Crippen molar-refractivity contribution in [1.82, 2.24) is 0 Å². The summed E-state index contributed by atoms with van der Waals surface area (Å²) >= 11 is 6.75. The molecular weight excluding hydrogens is 402 g/mol. The number of rotatable bonds is 3. The van der Waals surface area contributed by atoms with Crippen molar-refractivity contribution < 1.29 is 14.7 Å². The van der Waals surface area contributed by atoms with Crippen molar-refractivity contribution in [3.8, 4) is 0 Å². The van der Waals surface area contributed by atoms with Gasteiger partial charge in [0.15, 0.2) is 0 Å². The standard InChI is InChI=1S/C15H13Br2NO3/c16-9-3-4-11(10(17)6-9)18-14(19)12-7-1-2-8(5-7)13(12)15(20)21/h1-4,6-8,12-13H,5H2,(H,18,19)(H,20,21)/t7-,8-,12-,13+/m0/s1. The quantitative estimate of drug-likeness (QED) is 0.741. The van der Waals surface area contributed by atoms with Crippen molar-refractivity contribution in [2.24, 2.45) is 23.7 Å². The fraction of sp³-hybridized carbons (Fsp3) is 0.333. The van der Waals surface area contributed by atoms with E-state index in [9.17, 15) is 14.7 Å². The number of carboxylic acids is 1. The van der Waals surface area contributed by atoms with E-state index in [2.05, 4.69) is 37.2 Å². The summed E-state index contributed by atoms with van der Waals surface area (Å²) < 4.78 is 1.66. The fourth-order valence-electron chi connectivity index (χ4n) is 3.32. The molecule has 4 nitrogen and oxygen atoms in total. The van der Waals surface area contributed by atoms with Crippen LogP contribution in [0.3, 0.4) is 0 Å². The molecular formula is C15H13Br2NO3. The van der Waals surface area contributed by atoms with Gasteiger partial charge in [0, 0.05) is 8.95 Å². The monoisotopic (exact) mass is 413 g/mol. The summed E-state index contributed by atoms with van der Waals surface area (Å²) in [5.74, 6) is -2.20. The maximum absolute atomic E-state index is 12.5. The van der Waals surface area contributed by atoms with Gasteiger partial charge < -0.3 is 10.4 Å². The van der Waals surface area contributed by atoms with Crippen LogP contribution in [-0.4, -0.2) is 17.0 Å². The lowest BCUT2D eigenvalue weighted by atomic mass is 9.82. The Morgan fingerprint density at radius 1 is 1.14 bits per heavy atom. The van der Waals surface area contributed by atoms with E-state index in [4.69, 9.17) is 0 Å². The number of hydrogen-bond acceptors (Lipinski definition) is 2. The number of carboxylic acid groups (broad SMARTS) is 1. The predicted octanol–water partition coefficient (Wildman–Crippen LogP) is 3.67. The topological polar surface area (TPSA) is 66.4 Å². The molecule has 1 amide bonds. The maximum Gasteiger partial charge on any atom is 0.307 e. The van der Waals surface area contributed by atoms with E-state index >= 15 is 0 Å². The van der Waals surface area contributed by atoms with Gasteiger partial charge in [-0.25, -0.2) is 0 Å². The molecule has 0 aliphatic heterocycles. The minimum Gasteiger partial charge on any atom is -0.481 e. The highest BCUT2D eigenvalue weighted by molar-refractivity contribution is 9.11. The third-order valence-corrected chi connectivity index (χ3v) is 5.39. The van der Waals surface area contributed by atoms with Crippen LogP contribution < -0.4 is 5.32 Å². The molecule has 1 fully saturated rings. The number of anilines is 1. The number of halogens is 2. The van der Waals surface area contributed by atoms with Crippen LogP contribution in [0.1, 0.15) is 6.42 Å². The van der Waals surface area contributed by atoms with Crippen LogP contribution in [0.4, 0.5) is 5.69 Å². The molecule has 2 N–H and O–H groups in total. The molecule has 2 aliphatic rings. The number of aliphatic carboxylic acids is 1. The molecule has 2 bridgehead atoms. The molecule has 0 spiro atoms. The Balaban J connectivity index is 1.82. The van der Waals surface area contributed by atoms with Gasteiger partial charge in [-0.3, -0.25) is 9.59 Å². The Labute approximate surface area is 138 Å². The van der Waals surface area contributed by atoms with E-state index < -0.39 is 17.8 Å². The summed E-state index contributed by atoms with van der Waals surface area (Å²) in [6, 6.07) is 5.45. The Morgan fingerprint density at radius 2 is 1.81 bits per heavy atom. The first kappa shape index (κ1) is 14.8. The van der Waals surface area contributed by atoms with Gasteiger partial charge in [0.2, 0.25) is 5.91 Å². The summed E-state index contributed by atoms with van der Waals surface area (Å²) in [4.78, 5) is 24.0. The molecule has 0 heterocycles. The first-order valence-electron chi connectivity index (χ1n) is 6.64.